The fraction of sp³-hybridized carbons (Fsp3) is 0.316. The Morgan fingerprint density at radius 3 is 2.40 bits per heavy atom. The Bertz CT molecular complexity index is 911. The van der Waals surface area contributed by atoms with Gasteiger partial charge in [-0.1, -0.05) is 11.6 Å². The predicted molar refractivity (Wildman–Crippen MR) is 109 cm³/mol. The summed E-state index contributed by atoms with van der Waals surface area (Å²) in [5.74, 6) is -0.533. The van der Waals surface area contributed by atoms with Gasteiger partial charge in [-0.2, -0.15) is 13.2 Å². The Morgan fingerprint density at radius 1 is 1.03 bits per heavy atom. The minimum absolute atomic E-state index is 0.0982. The molecule has 0 spiro atoms. The minimum atomic E-state index is -4.54. The highest BCUT2D eigenvalue weighted by Gasteiger charge is 2.33. The zero-order valence-corrected chi connectivity index (χ0v) is 17.2. The number of pyridine rings is 1. The first-order valence-corrected chi connectivity index (χ1v) is 10.2. The second kappa shape index (κ2) is 9.57. The molecule has 1 aliphatic rings. The summed E-state index contributed by atoms with van der Waals surface area (Å²) < 4.78 is 38.3. The first-order chi connectivity index (χ1) is 14.2. The Morgan fingerprint density at radius 2 is 1.70 bits per heavy atom. The number of alkyl halides is 3. The lowest BCUT2D eigenvalue weighted by molar-refractivity contribution is -0.0329. The molecule has 11 heteroatoms. The number of thioether (sulfide) groups is 1. The number of urea groups is 1. The van der Waals surface area contributed by atoms with Crippen LogP contribution in [0.25, 0.3) is 0 Å². The largest absolute Gasteiger partial charge is 0.447 e. The van der Waals surface area contributed by atoms with E-state index in [9.17, 15) is 22.8 Å². The number of amides is 3. The lowest BCUT2D eigenvalue weighted by Crippen LogP contribution is -2.39. The number of carbonyl (C=O) groups excluding carboxylic acids is 2. The number of rotatable bonds is 3. The van der Waals surface area contributed by atoms with Gasteiger partial charge >= 0.3 is 11.5 Å². The summed E-state index contributed by atoms with van der Waals surface area (Å²) in [6.07, 6.45) is 1.72. The average molecular weight is 459 g/mol. The van der Waals surface area contributed by atoms with Gasteiger partial charge in [0, 0.05) is 54.8 Å². The van der Waals surface area contributed by atoms with E-state index in [1.807, 2.05) is 0 Å². The van der Waals surface area contributed by atoms with Gasteiger partial charge in [0.15, 0.2) is 0 Å². The third-order valence-corrected chi connectivity index (χ3v) is 5.38. The number of anilines is 1. The molecule has 0 unspecified atom stereocenters. The normalized spacial score (nSPS) is 14.9. The van der Waals surface area contributed by atoms with Crippen molar-refractivity contribution in [3.05, 3.63) is 53.2 Å². The Kier molecular flexibility index (Phi) is 7.09. The van der Waals surface area contributed by atoms with Crippen LogP contribution in [0.15, 0.2) is 47.6 Å². The third-order valence-electron chi connectivity index (χ3n) is 4.38. The lowest BCUT2D eigenvalue weighted by atomic mass is 10.2. The molecule has 1 aromatic carbocycles. The molecular formula is C19H18ClF3N4O2S. The molecule has 0 saturated carbocycles. The number of nitrogens with one attached hydrogen (secondary N) is 1. The monoisotopic (exact) mass is 458 g/mol. The highest BCUT2D eigenvalue weighted by molar-refractivity contribution is 8.00. The molecular weight excluding hydrogens is 441 g/mol. The molecule has 1 aromatic heterocycles. The number of nitrogens with zero attached hydrogens (tertiary/aromatic N) is 3. The summed E-state index contributed by atoms with van der Waals surface area (Å²) in [5, 5.41) is 2.94. The highest BCUT2D eigenvalue weighted by atomic mass is 35.5. The van der Waals surface area contributed by atoms with Crippen molar-refractivity contribution in [1.82, 2.24) is 14.8 Å². The Balaban J connectivity index is 1.64. The van der Waals surface area contributed by atoms with Gasteiger partial charge < -0.3 is 15.1 Å². The van der Waals surface area contributed by atoms with Crippen molar-refractivity contribution in [2.24, 2.45) is 0 Å². The van der Waals surface area contributed by atoms with Gasteiger partial charge in [0.25, 0.3) is 5.91 Å². The van der Waals surface area contributed by atoms with E-state index in [0.29, 0.717) is 30.2 Å². The molecule has 1 fully saturated rings. The van der Waals surface area contributed by atoms with Crippen molar-refractivity contribution < 1.29 is 22.8 Å². The summed E-state index contributed by atoms with van der Waals surface area (Å²) in [7, 11) is 0. The van der Waals surface area contributed by atoms with Crippen LogP contribution in [0, 0.1) is 0 Å². The lowest BCUT2D eigenvalue weighted by Gasteiger charge is -2.23. The van der Waals surface area contributed by atoms with E-state index in [0.717, 1.165) is 0 Å². The quantitative estimate of drug-likeness (QED) is 0.675. The van der Waals surface area contributed by atoms with Crippen LogP contribution in [0.4, 0.5) is 23.7 Å². The van der Waals surface area contributed by atoms with Crippen molar-refractivity contribution in [3.8, 4) is 0 Å². The molecule has 1 N–H and O–H groups in total. The maximum Gasteiger partial charge on any atom is 0.447 e. The number of carbonyl (C=O) groups is 2. The number of halogens is 4. The molecule has 3 rings (SSSR count). The van der Waals surface area contributed by atoms with E-state index in [2.05, 4.69) is 10.3 Å². The van der Waals surface area contributed by atoms with Crippen LogP contribution in [0.1, 0.15) is 16.8 Å². The van der Waals surface area contributed by atoms with Gasteiger partial charge in [-0.3, -0.25) is 4.79 Å². The zero-order chi connectivity index (χ0) is 21.7. The molecule has 30 heavy (non-hydrogen) atoms. The number of aromatic nitrogens is 1. The van der Waals surface area contributed by atoms with E-state index in [1.54, 1.807) is 29.2 Å². The third kappa shape index (κ3) is 6.02. The minimum Gasteiger partial charge on any atom is -0.337 e. The van der Waals surface area contributed by atoms with Crippen molar-refractivity contribution in [2.45, 2.75) is 17.0 Å². The Labute approximate surface area is 180 Å². The van der Waals surface area contributed by atoms with Crippen LogP contribution in [-0.2, 0) is 0 Å². The van der Waals surface area contributed by atoms with Crippen molar-refractivity contribution in [3.63, 3.8) is 0 Å². The van der Waals surface area contributed by atoms with E-state index in [-0.39, 0.29) is 29.7 Å². The number of hydrogen-bond donors (Lipinski definition) is 1. The molecule has 2 heterocycles. The van der Waals surface area contributed by atoms with Gasteiger partial charge in [0.1, 0.15) is 5.03 Å². The van der Waals surface area contributed by atoms with Gasteiger partial charge in [-0.05, 0) is 42.8 Å². The van der Waals surface area contributed by atoms with E-state index in [4.69, 9.17) is 11.6 Å². The topological polar surface area (TPSA) is 65.5 Å². The zero-order valence-electron chi connectivity index (χ0n) is 15.7. The summed E-state index contributed by atoms with van der Waals surface area (Å²) in [6.45, 7) is 1.21. The van der Waals surface area contributed by atoms with Crippen LogP contribution >= 0.6 is 23.4 Å². The standard InChI is InChI=1S/C19H18ClF3N4O2S/c20-13-4-6-14(7-5-13)25-18(29)27-10-2-9-26(11-12-27)17(28)15-3-1-8-24-16(15)30-19(21,22)23/h1,3-8H,2,9-12H2,(H,25,29). The first kappa shape index (κ1) is 22.2. The van der Waals surface area contributed by atoms with Gasteiger partial charge in [-0.15, -0.1) is 0 Å². The van der Waals surface area contributed by atoms with Crippen LogP contribution in [0.2, 0.25) is 5.02 Å². The summed E-state index contributed by atoms with van der Waals surface area (Å²) in [5.41, 5.74) is -4.05. The molecule has 1 saturated heterocycles. The first-order valence-electron chi connectivity index (χ1n) is 9.04. The van der Waals surface area contributed by atoms with Crippen molar-refractivity contribution >= 4 is 41.0 Å². The Hall–Kier alpha value is -2.46. The van der Waals surface area contributed by atoms with Gasteiger partial charge in [-0.25, -0.2) is 9.78 Å². The molecule has 0 atom stereocenters. The van der Waals surface area contributed by atoms with E-state index < -0.39 is 23.2 Å². The second-order valence-electron chi connectivity index (χ2n) is 6.47. The molecule has 0 bridgehead atoms. The summed E-state index contributed by atoms with van der Waals surface area (Å²) in [4.78, 5) is 32.1. The predicted octanol–water partition coefficient (Wildman–Crippen LogP) is 4.73. The fourth-order valence-corrected chi connectivity index (χ4v) is 3.70. The van der Waals surface area contributed by atoms with E-state index >= 15 is 0 Å². The molecule has 0 aliphatic carbocycles. The summed E-state index contributed by atoms with van der Waals surface area (Å²) in [6, 6.07) is 9.11. The average Bonchev–Trinajstić information content (AvgIpc) is 2.95. The van der Waals surface area contributed by atoms with Crippen LogP contribution in [-0.4, -0.2) is 58.4 Å². The highest BCUT2D eigenvalue weighted by Crippen LogP contribution is 2.37. The maximum atomic E-state index is 12.8. The molecule has 3 amide bonds. The fourth-order valence-electron chi connectivity index (χ4n) is 2.97. The van der Waals surface area contributed by atoms with Gasteiger partial charge in [0.05, 0.1) is 5.56 Å². The summed E-state index contributed by atoms with van der Waals surface area (Å²) >= 11 is 5.42. The van der Waals surface area contributed by atoms with Gasteiger partial charge in [0.2, 0.25) is 0 Å². The number of benzene rings is 1. The van der Waals surface area contributed by atoms with Crippen LogP contribution in [0.3, 0.4) is 0 Å². The smallest absolute Gasteiger partial charge is 0.337 e. The van der Waals surface area contributed by atoms with Crippen LogP contribution < -0.4 is 5.32 Å². The van der Waals surface area contributed by atoms with Crippen LogP contribution in [0.5, 0.6) is 0 Å². The molecule has 160 valence electrons. The second-order valence-corrected chi connectivity index (χ2v) is 7.96. The molecule has 0 radical (unpaired) electrons. The molecule has 6 nitrogen and oxygen atoms in total. The van der Waals surface area contributed by atoms with E-state index in [1.165, 1.54) is 23.2 Å². The molecule has 2 aromatic rings. The van der Waals surface area contributed by atoms with Crippen molar-refractivity contribution in [2.75, 3.05) is 31.5 Å². The van der Waals surface area contributed by atoms with Crippen molar-refractivity contribution in [1.29, 1.82) is 0 Å². The number of hydrogen-bond acceptors (Lipinski definition) is 4. The molecule has 1 aliphatic heterocycles. The SMILES string of the molecule is O=C(Nc1ccc(Cl)cc1)N1CCCN(C(=O)c2cccnc2SC(F)(F)F)CC1. The maximum absolute atomic E-state index is 12.8.